The first-order chi connectivity index (χ1) is 13.4. The maximum atomic E-state index is 12.7. The van der Waals surface area contributed by atoms with Crippen molar-refractivity contribution in [2.45, 2.75) is 51.3 Å². The van der Waals surface area contributed by atoms with E-state index >= 15 is 0 Å². The van der Waals surface area contributed by atoms with Gasteiger partial charge >= 0.3 is 0 Å². The van der Waals surface area contributed by atoms with Crippen molar-refractivity contribution in [1.82, 2.24) is 0 Å². The van der Waals surface area contributed by atoms with Crippen LogP contribution in [-0.4, -0.2) is 17.5 Å². The molecule has 0 amide bonds. The molecule has 3 heteroatoms. The molecule has 0 heterocycles. The summed E-state index contributed by atoms with van der Waals surface area (Å²) in [5, 5.41) is 9.82. The van der Waals surface area contributed by atoms with Gasteiger partial charge in [0.05, 0.1) is 6.61 Å². The molecule has 2 aromatic rings. The third kappa shape index (κ3) is 4.36. The van der Waals surface area contributed by atoms with Gasteiger partial charge in [-0.2, -0.15) is 0 Å². The third-order valence-corrected chi connectivity index (χ3v) is 5.51. The Bertz CT molecular complexity index is 833. The second-order valence-electron chi connectivity index (χ2n) is 7.08. The molecule has 138 valence electrons. The lowest BCUT2D eigenvalue weighted by molar-refractivity contribution is -0.127. The molecule has 2 atom stereocenters. The molecular formula is C23H27ClO2. The van der Waals surface area contributed by atoms with Crippen molar-refractivity contribution in [2.75, 3.05) is 6.61 Å². The highest BCUT2D eigenvalue weighted by Gasteiger charge is 2.31. The Morgan fingerprint density at radius 2 is 1.88 bits per heavy atom. The van der Waals surface area contributed by atoms with Crippen molar-refractivity contribution >= 4 is 17.4 Å². The molecule has 1 saturated carbocycles. The summed E-state index contributed by atoms with van der Waals surface area (Å²) < 4.78 is 17.4. The molecule has 26 heavy (non-hydrogen) atoms. The van der Waals surface area contributed by atoms with E-state index in [2.05, 4.69) is 6.92 Å². The van der Waals surface area contributed by atoms with Gasteiger partial charge < -0.3 is 5.11 Å². The van der Waals surface area contributed by atoms with Gasteiger partial charge in [-0.3, -0.25) is 4.79 Å². The van der Waals surface area contributed by atoms with E-state index in [-0.39, 0.29) is 24.2 Å². The summed E-state index contributed by atoms with van der Waals surface area (Å²) in [6.45, 7) is 1.99. The summed E-state index contributed by atoms with van der Waals surface area (Å²) in [5.41, 5.74) is 2.90. The Labute approximate surface area is 164 Å². The fraction of sp³-hybridized carbons (Fsp3) is 0.435. The topological polar surface area (TPSA) is 37.3 Å². The summed E-state index contributed by atoms with van der Waals surface area (Å²) >= 11 is 6.38. The number of hydrogen-bond acceptors (Lipinski definition) is 2. The van der Waals surface area contributed by atoms with Crippen molar-refractivity contribution in [1.29, 1.82) is 0 Å². The first kappa shape index (κ1) is 16.5. The van der Waals surface area contributed by atoms with Crippen LogP contribution in [-0.2, 0) is 17.6 Å². The van der Waals surface area contributed by atoms with Crippen molar-refractivity contribution in [3.63, 3.8) is 0 Å². The molecule has 3 rings (SSSR count). The monoisotopic (exact) mass is 372 g/mol. The minimum absolute atomic E-state index is 0.0477. The van der Waals surface area contributed by atoms with Gasteiger partial charge in [0.25, 0.3) is 0 Å². The largest absolute Gasteiger partial charge is 0.396 e. The molecule has 0 saturated heterocycles. The molecule has 0 spiro atoms. The van der Waals surface area contributed by atoms with E-state index < -0.39 is 6.37 Å². The normalized spacial score (nSPS) is 22.0. The van der Waals surface area contributed by atoms with Gasteiger partial charge in [-0.05, 0) is 54.0 Å². The average Bonchev–Trinajstić information content (AvgIpc) is 2.69. The van der Waals surface area contributed by atoms with Crippen LogP contribution < -0.4 is 0 Å². The Morgan fingerprint density at radius 3 is 2.58 bits per heavy atom. The van der Waals surface area contributed by atoms with E-state index in [0.717, 1.165) is 37.7 Å². The maximum absolute atomic E-state index is 12.7. The van der Waals surface area contributed by atoms with Crippen molar-refractivity contribution in [2.24, 2.45) is 5.92 Å². The van der Waals surface area contributed by atoms with E-state index in [1.807, 2.05) is 30.3 Å². The van der Waals surface area contributed by atoms with E-state index in [9.17, 15) is 9.90 Å². The number of rotatable bonds is 6. The molecule has 1 aliphatic carbocycles. The number of hydrogen-bond donors (Lipinski definition) is 1. The average molecular weight is 373 g/mol. The smallest absolute Gasteiger partial charge is 0.145 e. The molecule has 0 unspecified atom stereocenters. The van der Waals surface area contributed by atoms with Crippen LogP contribution in [0.5, 0.6) is 0 Å². The SMILES string of the molecule is [2H]C([2H])(c1ccc(CCC)cc1)c1cc([C@@H]2CCC[C@H](CO)C2=O)ccc1Cl. The number of aryl methyl sites for hydroxylation is 1. The summed E-state index contributed by atoms with van der Waals surface area (Å²) in [4.78, 5) is 12.7. The Kier molecular flexibility index (Phi) is 5.62. The van der Waals surface area contributed by atoms with E-state index in [0.29, 0.717) is 16.1 Å². The number of benzene rings is 2. The van der Waals surface area contributed by atoms with Crippen LogP contribution in [0.1, 0.15) is 63.5 Å². The predicted molar refractivity (Wildman–Crippen MR) is 107 cm³/mol. The molecular weight excluding hydrogens is 344 g/mol. The molecule has 1 N–H and O–H groups in total. The second kappa shape index (κ2) is 8.83. The zero-order valence-electron chi connectivity index (χ0n) is 17.2. The number of aliphatic hydroxyl groups excluding tert-OH is 1. The molecule has 2 nitrogen and oxygen atoms in total. The van der Waals surface area contributed by atoms with Crippen LogP contribution >= 0.6 is 11.6 Å². The number of carbonyl (C=O) groups is 1. The summed E-state index contributed by atoms with van der Waals surface area (Å²) in [5.74, 6) is -0.572. The fourth-order valence-corrected chi connectivity index (χ4v) is 3.87. The minimum Gasteiger partial charge on any atom is -0.396 e. The fourth-order valence-electron chi connectivity index (χ4n) is 3.70. The standard InChI is InChI=1S/C23H27ClO2/c1-2-4-16-7-9-17(10-8-16)13-20-14-18(11-12-22(20)24)21-6-3-5-19(15-25)23(21)26/h7-12,14,19,21,25H,2-6,13,15H2,1H3/t19-,21+/m1/s1/i13D2. The lowest BCUT2D eigenvalue weighted by Crippen LogP contribution is -2.29. The number of halogens is 1. The van der Waals surface area contributed by atoms with Gasteiger partial charge in [-0.25, -0.2) is 0 Å². The number of ketones is 1. The first-order valence-corrected chi connectivity index (χ1v) is 9.80. The molecule has 0 aliphatic heterocycles. The van der Waals surface area contributed by atoms with E-state index in [1.165, 1.54) is 5.56 Å². The number of Topliss-reactive ketones (excluding diaryl/α,β-unsaturated/α-hetero) is 1. The highest BCUT2D eigenvalue weighted by Crippen LogP contribution is 2.35. The zero-order chi connectivity index (χ0) is 20.3. The van der Waals surface area contributed by atoms with Gasteiger partial charge in [0.2, 0.25) is 0 Å². The molecule has 1 aliphatic rings. The van der Waals surface area contributed by atoms with Crippen LogP contribution in [0.4, 0.5) is 0 Å². The van der Waals surface area contributed by atoms with E-state index in [1.54, 1.807) is 12.1 Å². The lowest BCUT2D eigenvalue weighted by atomic mass is 9.77. The summed E-state index contributed by atoms with van der Waals surface area (Å²) in [7, 11) is 0. The summed E-state index contributed by atoms with van der Waals surface area (Å²) in [6.07, 6.45) is 2.58. The van der Waals surface area contributed by atoms with Crippen LogP contribution in [0, 0.1) is 5.92 Å². The molecule has 1 fully saturated rings. The van der Waals surface area contributed by atoms with Crippen LogP contribution in [0.15, 0.2) is 42.5 Å². The maximum Gasteiger partial charge on any atom is 0.145 e. The van der Waals surface area contributed by atoms with Crippen LogP contribution in [0.25, 0.3) is 0 Å². The number of aliphatic hydroxyl groups is 1. The highest BCUT2D eigenvalue weighted by atomic mass is 35.5. The van der Waals surface area contributed by atoms with Crippen molar-refractivity contribution in [3.05, 3.63) is 69.7 Å². The van der Waals surface area contributed by atoms with Gasteiger partial charge in [0.1, 0.15) is 5.78 Å². The highest BCUT2D eigenvalue weighted by molar-refractivity contribution is 6.31. The second-order valence-corrected chi connectivity index (χ2v) is 7.48. The summed E-state index contributed by atoms with van der Waals surface area (Å²) in [6, 6.07) is 12.8. The van der Waals surface area contributed by atoms with Crippen LogP contribution in [0.2, 0.25) is 5.02 Å². The Morgan fingerprint density at radius 1 is 1.15 bits per heavy atom. The van der Waals surface area contributed by atoms with Gasteiger partial charge in [-0.1, -0.05) is 67.8 Å². The van der Waals surface area contributed by atoms with Gasteiger partial charge in [-0.15, -0.1) is 0 Å². The van der Waals surface area contributed by atoms with Gasteiger partial charge in [0.15, 0.2) is 0 Å². The minimum atomic E-state index is -1.76. The van der Waals surface area contributed by atoms with Gasteiger partial charge in [0, 0.05) is 19.6 Å². The van der Waals surface area contributed by atoms with Crippen molar-refractivity contribution in [3.8, 4) is 0 Å². The lowest BCUT2D eigenvalue weighted by Gasteiger charge is -2.27. The predicted octanol–water partition coefficient (Wildman–Crippen LogP) is 5.33. The zero-order valence-corrected chi connectivity index (χ0v) is 15.9. The molecule has 2 aromatic carbocycles. The van der Waals surface area contributed by atoms with Crippen LogP contribution in [0.3, 0.4) is 0 Å². The molecule has 0 radical (unpaired) electrons. The van der Waals surface area contributed by atoms with E-state index in [4.69, 9.17) is 14.3 Å². The van der Waals surface area contributed by atoms with Crippen molar-refractivity contribution < 1.29 is 12.6 Å². The quantitative estimate of drug-likeness (QED) is 0.744. The first-order valence-electron chi connectivity index (χ1n) is 10.4. The number of carbonyl (C=O) groups excluding carboxylic acids is 1. The Balaban J connectivity index is 1.95. The molecule has 0 bridgehead atoms. The molecule has 0 aromatic heterocycles. The third-order valence-electron chi connectivity index (χ3n) is 5.18. The Hall–Kier alpha value is -1.64.